The molecule has 0 aliphatic heterocycles. The monoisotopic (exact) mass is 128 g/mol. The number of ether oxygens (including phenoxy) is 1. The van der Waals surface area contributed by atoms with Gasteiger partial charge in [-0.3, -0.25) is 0 Å². The number of hydrogen-bond acceptors (Lipinski definition) is 3. The van der Waals surface area contributed by atoms with E-state index in [0.717, 1.165) is 12.0 Å². The molecule has 0 aromatic heterocycles. The third-order valence-electron chi connectivity index (χ3n) is 0.995. The van der Waals surface area contributed by atoms with Crippen LogP contribution in [-0.2, 0) is 9.53 Å². The minimum atomic E-state index is -0.288. The largest absolute Gasteiger partial charge is 0.460 e. The second kappa shape index (κ2) is 2.64. The molecule has 0 spiro atoms. The summed E-state index contributed by atoms with van der Waals surface area (Å²) >= 11 is 0. The molecule has 0 amide bonds. The van der Waals surface area contributed by atoms with Gasteiger partial charge in [-0.1, -0.05) is 6.08 Å². The summed E-state index contributed by atoms with van der Waals surface area (Å²) in [5.74, 6) is -0.288. The molecule has 0 saturated carbocycles. The van der Waals surface area contributed by atoms with Crippen molar-refractivity contribution in [3.63, 3.8) is 0 Å². The minimum Gasteiger partial charge on any atom is -0.460 e. The van der Waals surface area contributed by atoms with E-state index in [1.807, 2.05) is 0 Å². The van der Waals surface area contributed by atoms with E-state index < -0.39 is 0 Å². The lowest BCUT2D eigenvalue weighted by Gasteiger charge is -1.96. The Labute approximate surface area is 52.9 Å². The molecule has 0 atom stereocenters. The summed E-state index contributed by atoms with van der Waals surface area (Å²) in [5.41, 5.74) is 0.725. The third-order valence-corrected chi connectivity index (χ3v) is 0.995. The molecule has 0 radical (unpaired) electrons. The van der Waals surface area contributed by atoms with Crippen LogP contribution in [-0.4, -0.2) is 24.3 Å². The number of carbonyl (C=O) groups excluding carboxylic acids is 1. The molecule has 1 rings (SSSR count). The summed E-state index contributed by atoms with van der Waals surface area (Å²) < 4.78 is 4.56. The van der Waals surface area contributed by atoms with Crippen molar-refractivity contribution in [3.05, 3.63) is 11.6 Å². The molecule has 3 nitrogen and oxygen atoms in total. The maximum atomic E-state index is 10.6. The van der Waals surface area contributed by atoms with E-state index in [4.69, 9.17) is 5.11 Å². The molecule has 0 heterocycles. The number of carbonyl (C=O) groups is 1. The van der Waals surface area contributed by atoms with Gasteiger partial charge in [-0.2, -0.15) is 0 Å². The van der Waals surface area contributed by atoms with Gasteiger partial charge in [0.15, 0.2) is 0 Å². The van der Waals surface area contributed by atoms with E-state index in [0.29, 0.717) is 0 Å². The van der Waals surface area contributed by atoms with Gasteiger partial charge in [0.05, 0.1) is 6.61 Å². The third kappa shape index (κ3) is 1.85. The first-order chi connectivity index (χ1) is 4.34. The minimum absolute atomic E-state index is 0.0982. The van der Waals surface area contributed by atoms with Crippen LogP contribution in [0.25, 0.3) is 0 Å². The maximum absolute atomic E-state index is 10.6. The fourth-order valence-corrected chi connectivity index (χ4v) is 0.449. The van der Waals surface area contributed by atoms with E-state index in [2.05, 4.69) is 4.74 Å². The zero-order valence-corrected chi connectivity index (χ0v) is 4.96. The van der Waals surface area contributed by atoms with Gasteiger partial charge in [-0.05, 0) is 6.42 Å². The second-order valence-corrected chi connectivity index (χ2v) is 1.79. The van der Waals surface area contributed by atoms with Gasteiger partial charge in [0.25, 0.3) is 0 Å². The molecule has 0 fully saturated rings. The van der Waals surface area contributed by atoms with Crippen molar-refractivity contribution in [1.82, 2.24) is 0 Å². The van der Waals surface area contributed by atoms with Gasteiger partial charge in [0, 0.05) is 5.57 Å². The number of allylic oxidation sites excluding steroid dienone is 1. The Morgan fingerprint density at radius 2 is 2.56 bits per heavy atom. The first-order valence-corrected chi connectivity index (χ1v) is 2.81. The number of hydrogen-bond donors (Lipinski definition) is 1. The highest BCUT2D eigenvalue weighted by molar-refractivity contribution is 5.92. The van der Waals surface area contributed by atoms with Crippen LogP contribution in [0.15, 0.2) is 11.6 Å². The van der Waals surface area contributed by atoms with Crippen LogP contribution in [0, 0.1) is 0 Å². The fourth-order valence-electron chi connectivity index (χ4n) is 0.449. The quantitative estimate of drug-likeness (QED) is 0.538. The normalized spacial score (nSPS) is 14.6. The van der Waals surface area contributed by atoms with Crippen molar-refractivity contribution in [2.75, 3.05) is 13.2 Å². The van der Waals surface area contributed by atoms with Gasteiger partial charge in [0.1, 0.15) is 6.61 Å². The number of rotatable bonds is 3. The van der Waals surface area contributed by atoms with Crippen molar-refractivity contribution in [3.8, 4) is 0 Å². The highest BCUT2D eigenvalue weighted by Gasteiger charge is 2.17. The maximum Gasteiger partial charge on any atom is 0.334 e. The van der Waals surface area contributed by atoms with E-state index in [1.54, 1.807) is 6.08 Å². The molecule has 1 N–H and O–H groups in total. The Morgan fingerprint density at radius 3 is 3.00 bits per heavy atom. The molecular formula is C6H8O3. The highest BCUT2D eigenvalue weighted by Crippen LogP contribution is 2.18. The van der Waals surface area contributed by atoms with Crippen LogP contribution in [0.3, 0.4) is 0 Å². The average Bonchev–Trinajstić information content (AvgIpc) is 2.63. The average molecular weight is 128 g/mol. The molecule has 1 aliphatic rings. The molecule has 1 aliphatic carbocycles. The molecule has 9 heavy (non-hydrogen) atoms. The van der Waals surface area contributed by atoms with E-state index in [1.165, 1.54) is 0 Å². The Kier molecular flexibility index (Phi) is 1.85. The fraction of sp³-hybridized carbons (Fsp3) is 0.500. The summed E-state index contributed by atoms with van der Waals surface area (Å²) in [6.45, 7) is 0.00912. The van der Waals surface area contributed by atoms with Gasteiger partial charge >= 0.3 is 5.97 Å². The Hall–Kier alpha value is -0.830. The highest BCUT2D eigenvalue weighted by atomic mass is 16.5. The van der Waals surface area contributed by atoms with Crippen molar-refractivity contribution in [2.24, 2.45) is 0 Å². The first-order valence-electron chi connectivity index (χ1n) is 2.81. The second-order valence-electron chi connectivity index (χ2n) is 1.79. The lowest BCUT2D eigenvalue weighted by Crippen LogP contribution is -2.06. The summed E-state index contributed by atoms with van der Waals surface area (Å²) in [7, 11) is 0. The van der Waals surface area contributed by atoms with Gasteiger partial charge in [-0.25, -0.2) is 4.79 Å². The molecule has 0 saturated heterocycles. The van der Waals surface area contributed by atoms with Crippen LogP contribution in [0.2, 0.25) is 0 Å². The van der Waals surface area contributed by atoms with Crippen molar-refractivity contribution in [2.45, 2.75) is 6.42 Å². The van der Waals surface area contributed by atoms with Gasteiger partial charge in [-0.15, -0.1) is 0 Å². The topological polar surface area (TPSA) is 46.5 Å². The van der Waals surface area contributed by atoms with Crippen LogP contribution < -0.4 is 0 Å². The zero-order chi connectivity index (χ0) is 6.69. The van der Waals surface area contributed by atoms with Crippen molar-refractivity contribution in [1.29, 1.82) is 0 Å². The molecule has 0 unspecified atom stereocenters. The van der Waals surface area contributed by atoms with Crippen LogP contribution in [0.5, 0.6) is 0 Å². The van der Waals surface area contributed by atoms with Crippen LogP contribution in [0.1, 0.15) is 6.42 Å². The zero-order valence-electron chi connectivity index (χ0n) is 4.96. The standard InChI is InChI=1S/C6H8O3/c7-3-4-9-6(8)5-1-2-5/h1,7H,2-4H2. The SMILES string of the molecule is O=C(OCCO)C1=CC1. The molecule has 50 valence electrons. The number of aliphatic hydroxyl groups is 1. The Balaban J connectivity index is 2.11. The van der Waals surface area contributed by atoms with Crippen molar-refractivity contribution >= 4 is 5.97 Å². The number of aliphatic hydroxyl groups excluding tert-OH is 1. The van der Waals surface area contributed by atoms with Crippen molar-refractivity contribution < 1.29 is 14.6 Å². The van der Waals surface area contributed by atoms with E-state index in [9.17, 15) is 4.79 Å². The summed E-state index contributed by atoms with van der Waals surface area (Å²) in [5, 5.41) is 8.22. The molecule has 3 heteroatoms. The lowest BCUT2D eigenvalue weighted by molar-refractivity contribution is -0.139. The van der Waals surface area contributed by atoms with Gasteiger partial charge in [0.2, 0.25) is 0 Å². The predicted molar refractivity (Wildman–Crippen MR) is 30.7 cm³/mol. The number of esters is 1. The van der Waals surface area contributed by atoms with Crippen LogP contribution >= 0.6 is 0 Å². The molecule has 0 bridgehead atoms. The van der Waals surface area contributed by atoms with Gasteiger partial charge < -0.3 is 9.84 Å². The first kappa shape index (κ1) is 6.29. The Morgan fingerprint density at radius 1 is 1.89 bits per heavy atom. The summed E-state index contributed by atoms with van der Waals surface area (Å²) in [6.07, 6.45) is 2.55. The summed E-state index contributed by atoms with van der Waals surface area (Å²) in [6, 6.07) is 0. The predicted octanol–water partition coefficient (Wildman–Crippen LogP) is -0.148. The Bertz CT molecular complexity index is 148. The summed E-state index contributed by atoms with van der Waals surface area (Å²) in [4.78, 5) is 10.6. The molecule has 0 aromatic carbocycles. The van der Waals surface area contributed by atoms with Crippen LogP contribution in [0.4, 0.5) is 0 Å². The van der Waals surface area contributed by atoms with E-state index >= 15 is 0 Å². The smallest absolute Gasteiger partial charge is 0.334 e. The lowest BCUT2D eigenvalue weighted by atomic mass is 10.5. The molecule has 0 aromatic rings. The van der Waals surface area contributed by atoms with E-state index in [-0.39, 0.29) is 19.2 Å². The molecular weight excluding hydrogens is 120 g/mol.